The molecule has 0 aliphatic carbocycles. The number of carbonyl (C=O) groups is 1. The van der Waals surface area contributed by atoms with Crippen LogP contribution in [0.3, 0.4) is 0 Å². The molecule has 1 aliphatic rings. The molecule has 0 saturated heterocycles. The number of ketones is 1. The predicted octanol–water partition coefficient (Wildman–Crippen LogP) is 2.35. The van der Waals surface area contributed by atoms with Crippen LogP contribution in [0, 0.1) is 0 Å². The number of carbonyl (C=O) groups excluding carboxylic acids is 1. The highest BCUT2D eigenvalue weighted by molar-refractivity contribution is 5.96. The Kier molecular flexibility index (Phi) is 5.30. The van der Waals surface area contributed by atoms with E-state index in [4.69, 9.17) is 4.74 Å². The summed E-state index contributed by atoms with van der Waals surface area (Å²) in [6.45, 7) is 2.02. The van der Waals surface area contributed by atoms with Crippen molar-refractivity contribution in [2.75, 3.05) is 6.54 Å². The van der Waals surface area contributed by atoms with E-state index >= 15 is 0 Å². The smallest absolute Gasteiger partial charge is 0.257 e. The summed E-state index contributed by atoms with van der Waals surface area (Å²) in [4.78, 5) is 29.1. The van der Waals surface area contributed by atoms with Gasteiger partial charge < -0.3 is 10.1 Å². The van der Waals surface area contributed by atoms with Crippen LogP contribution in [0.1, 0.15) is 27.0 Å². The molecule has 3 aromatic rings. The number of ether oxygens (including phenoxy) is 1. The van der Waals surface area contributed by atoms with Crippen LogP contribution in [0.15, 0.2) is 65.7 Å². The van der Waals surface area contributed by atoms with E-state index in [0.717, 1.165) is 30.6 Å². The first-order valence-corrected chi connectivity index (χ1v) is 9.28. The largest absolute Gasteiger partial charge is 0.473 e. The van der Waals surface area contributed by atoms with Gasteiger partial charge in [0.2, 0.25) is 5.88 Å². The van der Waals surface area contributed by atoms with Crippen molar-refractivity contribution < 1.29 is 9.53 Å². The first kappa shape index (κ1) is 18.1. The lowest BCUT2D eigenvalue weighted by Crippen LogP contribution is -2.26. The van der Waals surface area contributed by atoms with Gasteiger partial charge in [0.25, 0.3) is 5.56 Å². The van der Waals surface area contributed by atoms with Gasteiger partial charge in [0.05, 0.1) is 12.6 Å². The number of benzene rings is 2. The first-order chi connectivity index (χ1) is 13.7. The predicted molar refractivity (Wildman–Crippen MR) is 105 cm³/mol. The fourth-order valence-electron chi connectivity index (χ4n) is 3.24. The minimum atomic E-state index is -0.314. The van der Waals surface area contributed by atoms with E-state index in [1.807, 2.05) is 48.5 Å². The second-order valence-electron chi connectivity index (χ2n) is 6.80. The first-order valence-electron chi connectivity index (χ1n) is 9.28. The van der Waals surface area contributed by atoms with Crippen molar-refractivity contribution in [3.8, 4) is 5.88 Å². The quantitative estimate of drug-likeness (QED) is 0.670. The number of hydrogen-bond donors (Lipinski definition) is 1. The van der Waals surface area contributed by atoms with Crippen LogP contribution in [-0.4, -0.2) is 21.9 Å². The molecule has 2 aromatic carbocycles. The van der Waals surface area contributed by atoms with Gasteiger partial charge in [0.15, 0.2) is 5.78 Å². The highest BCUT2D eigenvalue weighted by Crippen LogP contribution is 2.16. The van der Waals surface area contributed by atoms with E-state index in [-0.39, 0.29) is 23.8 Å². The van der Waals surface area contributed by atoms with Crippen LogP contribution in [0.2, 0.25) is 0 Å². The van der Waals surface area contributed by atoms with Gasteiger partial charge in [-0.3, -0.25) is 14.2 Å². The second kappa shape index (κ2) is 8.19. The summed E-state index contributed by atoms with van der Waals surface area (Å²) in [5.74, 6) is 0.132. The molecule has 1 N–H and O–H groups in total. The summed E-state index contributed by atoms with van der Waals surface area (Å²) in [6, 6.07) is 16.7. The van der Waals surface area contributed by atoms with Gasteiger partial charge in [-0.2, -0.15) is 0 Å². The summed E-state index contributed by atoms with van der Waals surface area (Å²) >= 11 is 0. The Morgan fingerprint density at radius 2 is 1.96 bits per heavy atom. The van der Waals surface area contributed by atoms with E-state index < -0.39 is 0 Å². The van der Waals surface area contributed by atoms with Gasteiger partial charge in [-0.05, 0) is 35.7 Å². The Labute approximate surface area is 162 Å². The lowest BCUT2D eigenvalue weighted by molar-refractivity contribution is 0.0970. The van der Waals surface area contributed by atoms with Crippen molar-refractivity contribution in [3.63, 3.8) is 0 Å². The van der Waals surface area contributed by atoms with E-state index in [0.29, 0.717) is 12.2 Å². The number of hydrogen-bond acceptors (Lipinski definition) is 5. The van der Waals surface area contributed by atoms with Crippen LogP contribution in [0.5, 0.6) is 5.88 Å². The summed E-state index contributed by atoms with van der Waals surface area (Å²) in [5.41, 5.74) is 3.71. The highest BCUT2D eigenvalue weighted by Gasteiger charge is 2.14. The van der Waals surface area contributed by atoms with Crippen LogP contribution in [0.4, 0.5) is 0 Å². The molecule has 0 unspecified atom stereocenters. The van der Waals surface area contributed by atoms with E-state index in [9.17, 15) is 9.59 Å². The molecule has 0 saturated carbocycles. The fourth-order valence-corrected chi connectivity index (χ4v) is 3.24. The average molecular weight is 375 g/mol. The van der Waals surface area contributed by atoms with Crippen molar-refractivity contribution >= 4 is 5.78 Å². The van der Waals surface area contributed by atoms with E-state index in [1.54, 1.807) is 0 Å². The molecule has 0 spiro atoms. The molecule has 1 aliphatic heterocycles. The van der Waals surface area contributed by atoms with Gasteiger partial charge in [0.1, 0.15) is 12.9 Å². The summed E-state index contributed by atoms with van der Waals surface area (Å²) in [5, 5.41) is 3.31. The Bertz CT molecular complexity index is 1040. The van der Waals surface area contributed by atoms with Crippen LogP contribution in [-0.2, 0) is 26.1 Å². The topological polar surface area (TPSA) is 73.2 Å². The number of rotatable bonds is 6. The van der Waals surface area contributed by atoms with Crippen molar-refractivity contribution in [2.24, 2.45) is 0 Å². The molecule has 0 amide bonds. The lowest BCUT2D eigenvalue weighted by atomic mass is 9.97. The molecule has 6 heteroatoms. The van der Waals surface area contributed by atoms with Crippen LogP contribution >= 0.6 is 0 Å². The van der Waals surface area contributed by atoms with Gasteiger partial charge in [0, 0.05) is 12.1 Å². The minimum absolute atomic E-state index is 0.0446. The van der Waals surface area contributed by atoms with Gasteiger partial charge in [-0.15, -0.1) is 0 Å². The molecule has 0 atom stereocenters. The summed E-state index contributed by atoms with van der Waals surface area (Å²) < 4.78 is 6.86. The molecular weight excluding hydrogens is 354 g/mol. The SMILES string of the molecule is O=C(Cn1cnc(OCc2ccccc2)cc1=O)c1ccc2c(c1)CNCC2. The Morgan fingerprint density at radius 3 is 2.79 bits per heavy atom. The standard InChI is InChI=1S/C22H21N3O3/c26-20(18-7-6-17-8-9-23-12-19(17)10-18)13-25-15-24-21(11-22(25)27)28-14-16-4-2-1-3-5-16/h1-7,10-11,15,23H,8-9,12-14H2. The molecule has 28 heavy (non-hydrogen) atoms. The second-order valence-corrected chi connectivity index (χ2v) is 6.80. The number of fused-ring (bicyclic) bond motifs is 1. The maximum Gasteiger partial charge on any atom is 0.257 e. The Hall–Kier alpha value is -3.25. The molecule has 0 fully saturated rings. The fraction of sp³-hybridized carbons (Fsp3) is 0.227. The van der Waals surface area contributed by atoms with Gasteiger partial charge in [-0.25, -0.2) is 4.98 Å². The monoisotopic (exact) mass is 375 g/mol. The van der Waals surface area contributed by atoms with Gasteiger partial charge >= 0.3 is 0 Å². The summed E-state index contributed by atoms with van der Waals surface area (Å²) in [6.07, 6.45) is 2.33. The zero-order chi connectivity index (χ0) is 19.3. The number of aromatic nitrogens is 2. The molecule has 0 bridgehead atoms. The van der Waals surface area contributed by atoms with Crippen molar-refractivity contribution in [2.45, 2.75) is 26.1 Å². The lowest BCUT2D eigenvalue weighted by Gasteiger charge is -2.17. The third-order valence-corrected chi connectivity index (χ3v) is 4.81. The normalized spacial score (nSPS) is 13.0. The zero-order valence-corrected chi connectivity index (χ0v) is 15.4. The zero-order valence-electron chi connectivity index (χ0n) is 15.4. The number of nitrogens with one attached hydrogen (secondary N) is 1. The van der Waals surface area contributed by atoms with Crippen LogP contribution < -0.4 is 15.6 Å². The Balaban J connectivity index is 1.43. The third kappa shape index (κ3) is 4.18. The number of Topliss-reactive ketones (excluding diaryl/α,β-unsaturated/α-hetero) is 1. The molecule has 4 rings (SSSR count). The highest BCUT2D eigenvalue weighted by atomic mass is 16.5. The maximum absolute atomic E-state index is 12.6. The molecule has 0 radical (unpaired) electrons. The molecular formula is C22H21N3O3. The van der Waals surface area contributed by atoms with E-state index in [2.05, 4.69) is 10.3 Å². The third-order valence-electron chi connectivity index (χ3n) is 4.81. The summed E-state index contributed by atoms with van der Waals surface area (Å²) in [7, 11) is 0. The van der Waals surface area contributed by atoms with Crippen LogP contribution in [0.25, 0.3) is 0 Å². The molecule has 142 valence electrons. The maximum atomic E-state index is 12.6. The minimum Gasteiger partial charge on any atom is -0.473 e. The van der Waals surface area contributed by atoms with E-state index in [1.165, 1.54) is 22.5 Å². The molecule has 2 heterocycles. The van der Waals surface area contributed by atoms with Crippen molar-refractivity contribution in [1.29, 1.82) is 0 Å². The molecule has 1 aromatic heterocycles. The average Bonchev–Trinajstić information content (AvgIpc) is 2.74. The van der Waals surface area contributed by atoms with Gasteiger partial charge in [-0.1, -0.05) is 42.5 Å². The molecule has 6 nitrogen and oxygen atoms in total. The van der Waals surface area contributed by atoms with Crippen molar-refractivity contribution in [3.05, 3.63) is 93.5 Å². The number of nitrogens with zero attached hydrogens (tertiary/aromatic N) is 2. The van der Waals surface area contributed by atoms with Crippen molar-refractivity contribution in [1.82, 2.24) is 14.9 Å². The Morgan fingerprint density at radius 1 is 1.11 bits per heavy atom.